The quantitative estimate of drug-likeness (QED) is 0.183. The van der Waals surface area contributed by atoms with Crippen molar-refractivity contribution in [1.82, 2.24) is 4.98 Å². The topological polar surface area (TPSA) is 59.5 Å². The molecule has 0 N–H and O–H groups in total. The molecule has 0 spiro atoms. The number of carbonyl (C=O) groups excluding carboxylic acids is 1. The molecule has 5 nitrogen and oxygen atoms in total. The van der Waals surface area contributed by atoms with E-state index in [1.54, 1.807) is 11.0 Å². The number of benzene rings is 4. The van der Waals surface area contributed by atoms with Crippen LogP contribution in [0.2, 0.25) is 0 Å². The molecule has 1 aliphatic carbocycles. The van der Waals surface area contributed by atoms with E-state index in [-0.39, 0.29) is 11.2 Å². The van der Waals surface area contributed by atoms with Gasteiger partial charge < -0.3 is 0 Å². The van der Waals surface area contributed by atoms with E-state index in [4.69, 9.17) is 4.18 Å². The highest BCUT2D eigenvalue weighted by atomic mass is 32.2. The smallest absolute Gasteiger partial charge is 0.260 e. The molecule has 1 saturated carbocycles. The Balaban J connectivity index is 0.00000129. The van der Waals surface area contributed by atoms with Crippen molar-refractivity contribution < 1.29 is 17.6 Å². The lowest BCUT2D eigenvalue weighted by molar-refractivity contribution is -0.134. The van der Waals surface area contributed by atoms with Crippen LogP contribution in [0.1, 0.15) is 38.4 Å². The highest BCUT2D eigenvalue weighted by Gasteiger charge is 2.53. The summed E-state index contributed by atoms with van der Waals surface area (Å²) in [6, 6.07) is 24.7. The highest BCUT2D eigenvalue weighted by Crippen LogP contribution is 2.46. The molecule has 2 fully saturated rings. The van der Waals surface area contributed by atoms with Gasteiger partial charge in [-0.05, 0) is 58.0 Å². The van der Waals surface area contributed by atoms with Crippen molar-refractivity contribution in [2.24, 2.45) is 0 Å². The van der Waals surface area contributed by atoms with Crippen LogP contribution in [-0.2, 0) is 20.1 Å². The van der Waals surface area contributed by atoms with Crippen LogP contribution in [0.25, 0.3) is 32.3 Å². The van der Waals surface area contributed by atoms with Crippen LogP contribution in [0.15, 0.2) is 85.1 Å². The van der Waals surface area contributed by atoms with E-state index in [9.17, 15) is 13.4 Å². The number of hydrogen-bond donors (Lipinski definition) is 0. The molecule has 1 aromatic heterocycles. The van der Waals surface area contributed by atoms with Crippen molar-refractivity contribution in [3.05, 3.63) is 96.6 Å². The van der Waals surface area contributed by atoms with E-state index >= 15 is 0 Å². The Morgan fingerprint density at radius 1 is 0.868 bits per heavy atom. The van der Waals surface area contributed by atoms with Crippen LogP contribution in [0, 0.1) is 5.82 Å². The van der Waals surface area contributed by atoms with E-state index in [0.29, 0.717) is 5.69 Å². The van der Waals surface area contributed by atoms with Gasteiger partial charge in [-0.25, -0.2) is 8.60 Å². The molecule has 3 unspecified atom stereocenters. The van der Waals surface area contributed by atoms with Crippen molar-refractivity contribution in [1.29, 1.82) is 0 Å². The summed E-state index contributed by atoms with van der Waals surface area (Å²) in [5, 5.41) is 6.25. The van der Waals surface area contributed by atoms with Crippen molar-refractivity contribution >= 4 is 55.0 Å². The van der Waals surface area contributed by atoms with E-state index in [1.807, 2.05) is 50.2 Å². The Hall–Kier alpha value is -3.68. The molecule has 1 saturated heterocycles. The molecular weight excluding hydrogens is 499 g/mol. The second-order valence-corrected chi connectivity index (χ2v) is 10.7. The zero-order valence-electron chi connectivity index (χ0n) is 21.1. The summed E-state index contributed by atoms with van der Waals surface area (Å²) >= 11 is -1.55. The van der Waals surface area contributed by atoms with Gasteiger partial charge in [0.05, 0.1) is 22.8 Å². The first-order valence-corrected chi connectivity index (χ1v) is 14.1. The van der Waals surface area contributed by atoms with Gasteiger partial charge in [-0.2, -0.15) is 0 Å². The molecule has 4 aromatic carbocycles. The number of rotatable bonds is 5. The molecule has 0 radical (unpaired) electrons. The van der Waals surface area contributed by atoms with Gasteiger partial charge in [0.25, 0.3) is 5.91 Å². The van der Waals surface area contributed by atoms with Gasteiger partial charge in [0, 0.05) is 5.39 Å². The summed E-state index contributed by atoms with van der Waals surface area (Å²) in [4.78, 5) is 19.5. The Bertz CT molecular complexity index is 1700. The van der Waals surface area contributed by atoms with E-state index < -0.39 is 29.0 Å². The minimum absolute atomic E-state index is 0.0264. The third-order valence-corrected chi connectivity index (χ3v) is 8.51. The lowest BCUT2D eigenvalue weighted by atomic mass is 9.90. The highest BCUT2D eigenvalue weighted by molar-refractivity contribution is 7.81. The number of anilines is 1. The Labute approximate surface area is 222 Å². The normalized spacial score (nSPS) is 19.8. The molecule has 192 valence electrons. The first-order chi connectivity index (χ1) is 18.6. The second kappa shape index (κ2) is 9.89. The van der Waals surface area contributed by atoms with E-state index in [2.05, 4.69) is 35.3 Å². The number of pyridine rings is 1. The molecule has 0 bridgehead atoms. The van der Waals surface area contributed by atoms with E-state index in [1.165, 1.54) is 6.07 Å². The molecule has 1 amide bonds. The van der Waals surface area contributed by atoms with Crippen molar-refractivity contribution in [2.45, 2.75) is 44.1 Å². The molecule has 2 heterocycles. The van der Waals surface area contributed by atoms with Crippen LogP contribution in [0.5, 0.6) is 0 Å². The monoisotopic (exact) mass is 526 g/mol. The van der Waals surface area contributed by atoms with Crippen LogP contribution in [-0.4, -0.2) is 26.5 Å². The lowest BCUT2D eigenvalue weighted by Gasteiger charge is -2.46. The molecule has 2 aliphatic rings. The van der Waals surface area contributed by atoms with Gasteiger partial charge in [0.1, 0.15) is 11.9 Å². The summed E-state index contributed by atoms with van der Waals surface area (Å²) in [6.45, 7) is 4.00. The van der Waals surface area contributed by atoms with Crippen molar-refractivity contribution in [3.63, 3.8) is 0 Å². The van der Waals surface area contributed by atoms with Crippen LogP contribution >= 0.6 is 0 Å². The molecule has 3 atom stereocenters. The van der Waals surface area contributed by atoms with Crippen molar-refractivity contribution in [2.75, 3.05) is 4.90 Å². The van der Waals surface area contributed by atoms with Gasteiger partial charge in [0.15, 0.2) is 17.2 Å². The van der Waals surface area contributed by atoms with Gasteiger partial charge in [-0.1, -0.05) is 74.5 Å². The number of halogens is 1. The van der Waals surface area contributed by atoms with Crippen LogP contribution in [0.4, 0.5) is 10.1 Å². The van der Waals surface area contributed by atoms with Crippen LogP contribution < -0.4 is 4.90 Å². The predicted molar refractivity (Wildman–Crippen MR) is 151 cm³/mol. The fourth-order valence-corrected chi connectivity index (χ4v) is 6.23. The number of hydrogen-bond acceptors (Lipinski definition) is 4. The molecule has 38 heavy (non-hydrogen) atoms. The van der Waals surface area contributed by atoms with Gasteiger partial charge in [-0.3, -0.25) is 18.9 Å². The summed E-state index contributed by atoms with van der Waals surface area (Å²) in [6.07, 6.45) is 1.86. The fraction of sp³-hybridized carbons (Fsp3) is 0.226. The second-order valence-electron chi connectivity index (χ2n) is 9.35. The first-order valence-electron chi connectivity index (χ1n) is 13.0. The molecular formula is C31H27FN2O3S. The summed E-state index contributed by atoms with van der Waals surface area (Å²) in [7, 11) is 0. The zero-order valence-corrected chi connectivity index (χ0v) is 22.0. The molecule has 5 aromatic rings. The Morgan fingerprint density at radius 3 is 2.26 bits per heavy atom. The van der Waals surface area contributed by atoms with Gasteiger partial charge in [0.2, 0.25) is 0 Å². The number of β-lactam (4-membered cyclic amide) rings is 1. The average Bonchev–Trinajstić information content (AvgIpc) is 3.82. The maximum Gasteiger partial charge on any atom is 0.260 e. The minimum Gasteiger partial charge on any atom is -0.297 e. The summed E-state index contributed by atoms with van der Waals surface area (Å²) < 4.78 is 32.1. The summed E-state index contributed by atoms with van der Waals surface area (Å²) in [5.74, 6) is -0.734. The Morgan fingerprint density at radius 2 is 1.55 bits per heavy atom. The average molecular weight is 527 g/mol. The maximum atomic E-state index is 13.7. The largest absolute Gasteiger partial charge is 0.297 e. The van der Waals surface area contributed by atoms with Gasteiger partial charge >= 0.3 is 0 Å². The number of carbonyl (C=O) groups is 1. The number of nitrogens with zero attached hydrogens (tertiary/aromatic N) is 2. The van der Waals surface area contributed by atoms with Gasteiger partial charge in [-0.15, -0.1) is 0 Å². The third kappa shape index (κ3) is 4.06. The standard InChI is InChI=1S/C29H21FN2O3S.C2H6/c30-18-10-14-25(31-16-18)27-28(35-36(34)19-11-12-19)29(33)32(27)26-15-24-20-6-2-1-5-17(20)9-13-22(24)21-7-3-4-8-23(21)26;1-2/h1-10,13-16,19,27-28H,11-12H2;1-2H3. The molecule has 1 aliphatic heterocycles. The lowest BCUT2D eigenvalue weighted by Crippen LogP contribution is -2.60. The van der Waals surface area contributed by atoms with Crippen LogP contribution in [0.3, 0.4) is 0 Å². The fourth-order valence-electron chi connectivity index (χ4n) is 5.16. The Kier molecular flexibility index (Phi) is 6.41. The maximum absolute atomic E-state index is 13.7. The minimum atomic E-state index is -1.55. The van der Waals surface area contributed by atoms with E-state index in [0.717, 1.165) is 57.0 Å². The first kappa shape index (κ1) is 24.6. The molecule has 7 heteroatoms. The molecule has 7 rings (SSSR count). The predicted octanol–water partition coefficient (Wildman–Crippen LogP) is 7.01. The SMILES string of the molecule is CC.O=C1C(OS(=O)C2CC2)C(c2ccc(F)cn2)N1c1cc2c3ccccc3ccc2c2ccccc12. The third-order valence-electron chi connectivity index (χ3n) is 7.10. The zero-order chi connectivity index (χ0) is 26.4. The summed E-state index contributed by atoms with van der Waals surface area (Å²) in [5.41, 5.74) is 1.23. The number of fused-ring (bicyclic) bond motifs is 5. The number of amides is 1. The number of aromatic nitrogens is 1. The van der Waals surface area contributed by atoms with Crippen molar-refractivity contribution in [3.8, 4) is 0 Å².